The fourth-order valence-corrected chi connectivity index (χ4v) is 16.5. The number of nitrogens with zero attached hydrogens (tertiary/aromatic N) is 8. The molecule has 0 saturated heterocycles. The van der Waals surface area contributed by atoms with Gasteiger partial charge in [0.1, 0.15) is 22.3 Å². The monoisotopic (exact) mass is 1400 g/mol. The molecule has 512 valence electrons. The molecule has 6 aromatic heterocycles. The maximum Gasteiger partial charge on any atom is 0.164 e. The Hall–Kier alpha value is -15.0. The highest BCUT2D eigenvalue weighted by molar-refractivity contribution is 6.24. The molecule has 0 spiro atoms. The number of benzene rings is 17. The van der Waals surface area contributed by atoms with Gasteiger partial charge in [-0.05, 0) is 110 Å². The van der Waals surface area contributed by atoms with Crippen LogP contribution in [0.15, 0.2) is 373 Å². The molecule has 23 aromatic rings. The quantitative estimate of drug-likeness (QED) is 0.140. The lowest BCUT2D eigenvalue weighted by molar-refractivity contribution is 0.668. The van der Waals surface area contributed by atoms with Crippen LogP contribution >= 0.6 is 0 Å². The van der Waals surface area contributed by atoms with Gasteiger partial charge >= 0.3 is 0 Å². The first-order chi connectivity index (χ1) is 54.5. The summed E-state index contributed by atoms with van der Waals surface area (Å²) >= 11 is 0. The van der Waals surface area contributed by atoms with Gasteiger partial charge in [0.05, 0.1) is 33.4 Å². The Morgan fingerprint density at radius 3 is 0.909 bits per heavy atom. The summed E-state index contributed by atoms with van der Waals surface area (Å²) in [6, 6.07) is 127. The van der Waals surface area contributed by atoms with E-state index < -0.39 is 0 Å². The van der Waals surface area contributed by atoms with Crippen LogP contribution in [0, 0.1) is 0 Å². The predicted octanol–water partition coefficient (Wildman–Crippen LogP) is 26.0. The van der Waals surface area contributed by atoms with Crippen molar-refractivity contribution in [1.29, 1.82) is 0 Å². The summed E-state index contributed by atoms with van der Waals surface area (Å²) in [5.41, 5.74) is 17.9. The molecule has 23 rings (SSSR count). The summed E-state index contributed by atoms with van der Waals surface area (Å²) in [5, 5.41) is 18.4. The molecule has 0 amide bonds. The summed E-state index contributed by atoms with van der Waals surface area (Å²) in [4.78, 5) is 30.1. The zero-order chi connectivity index (χ0) is 72.3. The van der Waals surface area contributed by atoms with E-state index in [1.165, 1.54) is 43.4 Å². The van der Waals surface area contributed by atoms with Gasteiger partial charge in [0.15, 0.2) is 34.9 Å². The van der Waals surface area contributed by atoms with Crippen molar-refractivity contribution in [3.8, 4) is 90.8 Å². The molecule has 0 aliphatic heterocycles. The summed E-state index contributed by atoms with van der Waals surface area (Å²) in [6.45, 7) is 0. The zero-order valence-electron chi connectivity index (χ0n) is 59.0. The van der Waals surface area contributed by atoms with E-state index in [4.69, 9.17) is 38.7 Å². The van der Waals surface area contributed by atoms with Crippen molar-refractivity contribution in [1.82, 2.24) is 39.0 Å². The third kappa shape index (κ3) is 10.4. The predicted molar refractivity (Wildman–Crippen MR) is 451 cm³/mol. The molecule has 10 heteroatoms. The second kappa shape index (κ2) is 25.4. The number of para-hydroxylation sites is 3. The van der Waals surface area contributed by atoms with Crippen LogP contribution in [0.25, 0.3) is 221 Å². The second-order valence-corrected chi connectivity index (χ2v) is 28.0. The average molecular weight is 1410 g/mol. The van der Waals surface area contributed by atoms with Gasteiger partial charge in [0.2, 0.25) is 0 Å². The van der Waals surface area contributed by atoms with Crippen molar-refractivity contribution in [2.75, 3.05) is 0 Å². The van der Waals surface area contributed by atoms with Crippen LogP contribution in [-0.2, 0) is 0 Å². The number of rotatable bonds is 9. The van der Waals surface area contributed by atoms with Crippen molar-refractivity contribution in [2.45, 2.75) is 0 Å². The van der Waals surface area contributed by atoms with Crippen molar-refractivity contribution in [2.24, 2.45) is 0 Å². The molecule has 0 bridgehead atoms. The molecule has 0 fully saturated rings. The molecule has 17 aromatic carbocycles. The number of hydrogen-bond acceptors (Lipinski definition) is 8. The lowest BCUT2D eigenvalue weighted by atomic mass is 10.0. The summed E-state index contributed by atoms with van der Waals surface area (Å²) < 4.78 is 18.4. The molecule has 0 aliphatic rings. The normalized spacial score (nSPS) is 11.8. The van der Waals surface area contributed by atoms with E-state index in [2.05, 4.69) is 312 Å². The third-order valence-electron chi connectivity index (χ3n) is 21.6. The molecule has 0 atom stereocenters. The highest BCUT2D eigenvalue weighted by atomic mass is 16.3. The Morgan fingerprint density at radius 1 is 0.173 bits per heavy atom. The van der Waals surface area contributed by atoms with Crippen molar-refractivity contribution in [3.63, 3.8) is 0 Å². The molecular formula is C100H60N8O2. The van der Waals surface area contributed by atoms with E-state index in [0.29, 0.717) is 34.9 Å². The number of hydrogen-bond donors (Lipinski definition) is 0. The van der Waals surface area contributed by atoms with Gasteiger partial charge in [-0.1, -0.05) is 285 Å². The molecular weight excluding hydrogens is 1350 g/mol. The van der Waals surface area contributed by atoms with Gasteiger partial charge in [0, 0.05) is 99.4 Å². The van der Waals surface area contributed by atoms with Crippen LogP contribution in [0.1, 0.15) is 0 Å². The van der Waals surface area contributed by atoms with Crippen molar-refractivity contribution >= 4 is 131 Å². The average Bonchev–Trinajstić information content (AvgIpc) is 1.56. The Balaban J connectivity index is 0.000000136. The largest absolute Gasteiger partial charge is 0.456 e. The van der Waals surface area contributed by atoms with E-state index in [-0.39, 0.29) is 0 Å². The molecule has 0 unspecified atom stereocenters. The minimum atomic E-state index is 0.588. The second-order valence-electron chi connectivity index (χ2n) is 28.0. The van der Waals surface area contributed by atoms with E-state index in [0.717, 1.165) is 143 Å². The number of furan rings is 2. The highest BCUT2D eigenvalue weighted by Crippen LogP contribution is 2.46. The minimum Gasteiger partial charge on any atom is -0.456 e. The number of aromatic nitrogens is 8. The molecule has 0 aliphatic carbocycles. The first-order valence-corrected chi connectivity index (χ1v) is 37.0. The van der Waals surface area contributed by atoms with Gasteiger partial charge in [-0.3, -0.25) is 0 Å². The van der Waals surface area contributed by atoms with Gasteiger partial charge < -0.3 is 18.0 Å². The Kier molecular flexibility index (Phi) is 14.4. The maximum atomic E-state index is 6.83. The Morgan fingerprint density at radius 2 is 0.482 bits per heavy atom. The summed E-state index contributed by atoms with van der Waals surface area (Å²) in [5.74, 6) is 3.68. The minimum absolute atomic E-state index is 0.588. The van der Waals surface area contributed by atoms with Gasteiger partial charge in [-0.15, -0.1) is 0 Å². The maximum absolute atomic E-state index is 6.83. The molecule has 0 radical (unpaired) electrons. The first-order valence-electron chi connectivity index (χ1n) is 37.0. The molecule has 110 heavy (non-hydrogen) atoms. The molecule has 0 saturated carbocycles. The molecule has 10 nitrogen and oxygen atoms in total. The van der Waals surface area contributed by atoms with E-state index in [1.54, 1.807) is 0 Å². The Labute approximate surface area is 629 Å². The standard InChI is InChI=1S/C51H30N4O.C49H30N4O/c1-3-13-33-27-35(23-21-31(33)11-1)49-52-50(36-24-22-32-12-2-4-14-34(32)28-36)54-51(53-49)37-25-26-42-46(29-37)56-47-30-45(40-17-5-6-18-41(40)48(42)47)55-43-19-9-7-15-38(43)39-16-8-10-20-44(39)55;1-4-14-31(15-5-1)34-25-27-42-40(28-34)37-21-12-13-23-41(37)53(42)43-30-45-46(38-22-11-10-20-36(38)43)39-26-24-35(29-44(39)54-45)49-51-47(32-16-6-2-7-17-32)50-48(52-49)33-18-8-3-9-19-33/h1-30H;1-30H. The fraction of sp³-hybridized carbons (Fsp3) is 0. The SMILES string of the molecule is c1ccc(-c2ccc3c(c2)c2ccccc2n3-c2cc3oc4cc(-c5nc(-c6ccccc6)nc(-c6ccccc6)n5)ccc4c3c3ccccc23)cc1.c1ccc2cc(-c3nc(-c4ccc5ccccc5c4)nc(-c4ccc5c(c4)oc4cc(-n6c7ccccc7c7ccccc76)c6ccccc6c45)n3)ccc2c1. The van der Waals surface area contributed by atoms with Crippen LogP contribution < -0.4 is 0 Å². The van der Waals surface area contributed by atoms with Crippen molar-refractivity contribution < 1.29 is 8.83 Å². The zero-order valence-corrected chi connectivity index (χ0v) is 59.0. The molecule has 6 heterocycles. The molecule has 0 N–H and O–H groups in total. The van der Waals surface area contributed by atoms with Gasteiger partial charge in [-0.2, -0.15) is 0 Å². The van der Waals surface area contributed by atoms with Crippen LogP contribution in [0.5, 0.6) is 0 Å². The lowest BCUT2D eigenvalue weighted by Gasteiger charge is -2.13. The van der Waals surface area contributed by atoms with E-state index in [1.807, 2.05) is 60.7 Å². The lowest BCUT2D eigenvalue weighted by Crippen LogP contribution is -2.00. The third-order valence-corrected chi connectivity index (χ3v) is 21.6. The van der Waals surface area contributed by atoms with Crippen molar-refractivity contribution in [3.05, 3.63) is 364 Å². The van der Waals surface area contributed by atoms with E-state index >= 15 is 0 Å². The van der Waals surface area contributed by atoms with Crippen LogP contribution in [-0.4, -0.2) is 39.0 Å². The summed E-state index contributed by atoms with van der Waals surface area (Å²) in [7, 11) is 0. The summed E-state index contributed by atoms with van der Waals surface area (Å²) in [6.07, 6.45) is 0. The van der Waals surface area contributed by atoms with Crippen LogP contribution in [0.4, 0.5) is 0 Å². The highest BCUT2D eigenvalue weighted by Gasteiger charge is 2.24. The smallest absolute Gasteiger partial charge is 0.164 e. The first kappa shape index (κ1) is 62.4. The van der Waals surface area contributed by atoms with Crippen LogP contribution in [0.2, 0.25) is 0 Å². The van der Waals surface area contributed by atoms with Gasteiger partial charge in [-0.25, -0.2) is 29.9 Å². The Bertz CT molecular complexity index is 7460. The van der Waals surface area contributed by atoms with Gasteiger partial charge in [0.25, 0.3) is 0 Å². The number of fused-ring (bicyclic) bond motifs is 18. The topological polar surface area (TPSA) is 113 Å². The van der Waals surface area contributed by atoms with E-state index in [9.17, 15) is 0 Å². The fourth-order valence-electron chi connectivity index (χ4n) is 16.5. The van der Waals surface area contributed by atoms with Crippen LogP contribution in [0.3, 0.4) is 0 Å².